The van der Waals surface area contributed by atoms with Crippen LogP contribution in [0.15, 0.2) is 69.5 Å². The molecule has 46 heavy (non-hydrogen) atoms. The maximum Gasteiger partial charge on any atom is 0.258 e. The van der Waals surface area contributed by atoms with Gasteiger partial charge in [-0.15, -0.1) is 0 Å². The van der Waals surface area contributed by atoms with Crippen molar-refractivity contribution in [1.29, 1.82) is 0 Å². The van der Waals surface area contributed by atoms with E-state index in [2.05, 4.69) is 20.1 Å². The molecule has 250 valence electrons. The lowest BCUT2D eigenvalue weighted by molar-refractivity contribution is -0.117. The molecule has 0 aliphatic carbocycles. The number of nitrogens with zero attached hydrogens (tertiary/aromatic N) is 2. The van der Waals surface area contributed by atoms with Crippen molar-refractivity contribution < 1.29 is 26.4 Å². The van der Waals surface area contributed by atoms with Crippen LogP contribution in [0.2, 0.25) is 0 Å². The standard InChI is InChI=1S/C32H44N6O6S2/c1-7-25(37(9-3)10-4)35-45(41,42)23-17-13-15-21(19-23)29-27-28(32(40)33-29)30(34-31(27)39)22-16-14-18-24(20-22)46(43,44)36-26(8-2)38(11-5)12-6/h13-20,25-26,35-36H,7-12H2,1-6H3,(H,33,40)(H,34,39). The van der Waals surface area contributed by atoms with Gasteiger partial charge in [0.2, 0.25) is 20.0 Å². The van der Waals surface area contributed by atoms with E-state index in [0.717, 1.165) is 0 Å². The van der Waals surface area contributed by atoms with Gasteiger partial charge in [-0.25, -0.2) is 16.8 Å². The predicted molar refractivity (Wildman–Crippen MR) is 178 cm³/mol. The maximum absolute atomic E-state index is 13.4. The first-order valence-electron chi connectivity index (χ1n) is 15.7. The second-order valence-corrected chi connectivity index (χ2v) is 14.4. The molecule has 2 unspecified atom stereocenters. The van der Waals surface area contributed by atoms with Crippen molar-refractivity contribution in [2.24, 2.45) is 0 Å². The monoisotopic (exact) mass is 672 g/mol. The van der Waals surface area contributed by atoms with Crippen LogP contribution in [0.1, 0.15) is 65.5 Å². The number of carbonyl (C=O) groups is 2. The van der Waals surface area contributed by atoms with Gasteiger partial charge in [0, 0.05) is 11.1 Å². The average molecular weight is 673 g/mol. The summed E-state index contributed by atoms with van der Waals surface area (Å²) in [6.07, 6.45) is 0.344. The largest absolute Gasteiger partial charge is 0.321 e. The number of hydrogen-bond donors (Lipinski definition) is 4. The molecular formula is C32H44N6O6S2. The zero-order valence-corrected chi connectivity index (χ0v) is 28.8. The van der Waals surface area contributed by atoms with Gasteiger partial charge in [-0.2, -0.15) is 9.44 Å². The van der Waals surface area contributed by atoms with Gasteiger partial charge in [0.25, 0.3) is 11.8 Å². The molecule has 2 aromatic carbocycles. The van der Waals surface area contributed by atoms with E-state index in [4.69, 9.17) is 0 Å². The summed E-state index contributed by atoms with van der Waals surface area (Å²) >= 11 is 0. The van der Waals surface area contributed by atoms with E-state index in [9.17, 15) is 26.4 Å². The van der Waals surface area contributed by atoms with Gasteiger partial charge in [-0.05, 0) is 63.3 Å². The van der Waals surface area contributed by atoms with E-state index in [1.807, 2.05) is 51.3 Å². The van der Waals surface area contributed by atoms with Gasteiger partial charge in [0.15, 0.2) is 0 Å². The topological polar surface area (TPSA) is 157 Å². The molecule has 0 aromatic heterocycles. The highest BCUT2D eigenvalue weighted by molar-refractivity contribution is 7.89. The molecule has 0 radical (unpaired) electrons. The Bertz CT molecular complexity index is 1630. The number of nitrogens with one attached hydrogen (secondary N) is 4. The van der Waals surface area contributed by atoms with Gasteiger partial charge in [0.1, 0.15) is 0 Å². The minimum Gasteiger partial charge on any atom is -0.321 e. The highest BCUT2D eigenvalue weighted by Gasteiger charge is 2.41. The lowest BCUT2D eigenvalue weighted by Gasteiger charge is -2.29. The Balaban J connectivity index is 1.71. The van der Waals surface area contributed by atoms with Crippen LogP contribution in [0.3, 0.4) is 0 Å². The van der Waals surface area contributed by atoms with Crippen LogP contribution in [0.25, 0.3) is 11.4 Å². The summed E-state index contributed by atoms with van der Waals surface area (Å²) in [5, 5.41) is 5.47. The smallest absolute Gasteiger partial charge is 0.258 e. The normalized spacial score (nSPS) is 16.7. The minimum absolute atomic E-state index is 0.00508. The fourth-order valence-corrected chi connectivity index (χ4v) is 8.61. The number of carbonyl (C=O) groups excluding carboxylic acids is 2. The highest BCUT2D eigenvalue weighted by atomic mass is 32.2. The summed E-state index contributed by atoms with van der Waals surface area (Å²) in [6.45, 7) is 14.4. The lowest BCUT2D eigenvalue weighted by Crippen LogP contribution is -2.47. The van der Waals surface area contributed by atoms with Gasteiger partial charge < -0.3 is 10.6 Å². The molecule has 0 bridgehead atoms. The highest BCUT2D eigenvalue weighted by Crippen LogP contribution is 2.38. The Hall–Kier alpha value is -3.40. The molecule has 14 heteroatoms. The molecule has 2 aliphatic rings. The summed E-state index contributed by atoms with van der Waals surface area (Å²) in [5.41, 5.74) is 1.17. The number of hydrogen-bond acceptors (Lipinski definition) is 8. The first kappa shape index (κ1) is 35.5. The van der Waals surface area contributed by atoms with Crippen LogP contribution in [-0.4, -0.2) is 77.0 Å². The van der Waals surface area contributed by atoms with E-state index in [1.165, 1.54) is 24.3 Å². The van der Waals surface area contributed by atoms with Gasteiger partial charge in [-0.1, -0.05) is 65.8 Å². The number of sulfonamides is 2. The van der Waals surface area contributed by atoms with E-state index in [1.54, 1.807) is 24.3 Å². The van der Waals surface area contributed by atoms with Gasteiger partial charge >= 0.3 is 0 Å². The van der Waals surface area contributed by atoms with Crippen molar-refractivity contribution in [1.82, 2.24) is 29.9 Å². The predicted octanol–water partition coefficient (Wildman–Crippen LogP) is 2.78. The molecule has 2 aromatic rings. The molecule has 2 heterocycles. The summed E-state index contributed by atoms with van der Waals surface area (Å²) < 4.78 is 59.1. The average Bonchev–Trinajstić information content (AvgIpc) is 3.58. The van der Waals surface area contributed by atoms with Crippen molar-refractivity contribution >= 4 is 43.3 Å². The Morgan fingerprint density at radius 2 is 0.957 bits per heavy atom. The molecule has 0 spiro atoms. The minimum atomic E-state index is -3.94. The summed E-state index contributed by atoms with van der Waals surface area (Å²) in [6, 6.07) is 12.1. The molecule has 0 saturated carbocycles. The molecule has 0 fully saturated rings. The Labute approximate surface area is 272 Å². The third-order valence-electron chi connectivity index (χ3n) is 8.41. The van der Waals surface area contributed by atoms with Crippen molar-refractivity contribution in [3.05, 3.63) is 70.8 Å². The quantitative estimate of drug-likeness (QED) is 0.199. The Kier molecular flexibility index (Phi) is 11.2. The molecule has 12 nitrogen and oxygen atoms in total. The Morgan fingerprint density at radius 3 is 1.26 bits per heavy atom. The fourth-order valence-electron chi connectivity index (χ4n) is 5.91. The summed E-state index contributed by atoms with van der Waals surface area (Å²) in [7, 11) is -7.87. The molecule has 4 rings (SSSR count). The van der Waals surface area contributed by atoms with Crippen LogP contribution in [0, 0.1) is 0 Å². The Morgan fingerprint density at radius 1 is 0.609 bits per heavy atom. The van der Waals surface area contributed by atoms with Crippen molar-refractivity contribution in [3.63, 3.8) is 0 Å². The van der Waals surface area contributed by atoms with E-state index in [0.29, 0.717) is 50.1 Å². The summed E-state index contributed by atoms with van der Waals surface area (Å²) in [5.74, 6) is -1.12. The zero-order chi connectivity index (χ0) is 33.8. The zero-order valence-electron chi connectivity index (χ0n) is 27.2. The molecular weight excluding hydrogens is 629 g/mol. The third kappa shape index (κ3) is 7.11. The third-order valence-corrected chi connectivity index (χ3v) is 11.3. The SMILES string of the molecule is CCC(NS(=O)(=O)c1cccc(C2=C3C(=O)NC(c4cccc(S(=O)(=O)NC(CC)N(CC)CC)c4)=C3C(=O)N2)c1)N(CC)CC. The van der Waals surface area contributed by atoms with Crippen molar-refractivity contribution in [3.8, 4) is 0 Å². The number of fused-ring (bicyclic) bond motifs is 1. The number of amides is 2. The molecule has 2 aliphatic heterocycles. The van der Waals surface area contributed by atoms with Crippen LogP contribution in [0.5, 0.6) is 0 Å². The van der Waals surface area contributed by atoms with Crippen LogP contribution >= 0.6 is 0 Å². The van der Waals surface area contributed by atoms with E-state index < -0.39 is 44.2 Å². The van der Waals surface area contributed by atoms with Crippen molar-refractivity contribution in [2.45, 2.75) is 76.5 Å². The van der Waals surface area contributed by atoms with E-state index in [-0.39, 0.29) is 32.3 Å². The first-order chi connectivity index (χ1) is 21.8. The maximum atomic E-state index is 13.4. The lowest BCUT2D eigenvalue weighted by atomic mass is 10.0. The second kappa shape index (κ2) is 14.6. The van der Waals surface area contributed by atoms with E-state index >= 15 is 0 Å². The fraction of sp³-hybridized carbons (Fsp3) is 0.438. The van der Waals surface area contributed by atoms with Crippen LogP contribution in [-0.2, 0) is 29.6 Å². The van der Waals surface area contributed by atoms with Crippen molar-refractivity contribution in [2.75, 3.05) is 26.2 Å². The van der Waals surface area contributed by atoms with Crippen LogP contribution in [0.4, 0.5) is 0 Å². The number of rotatable bonds is 16. The molecule has 2 amide bonds. The van der Waals surface area contributed by atoms with Gasteiger partial charge in [-0.3, -0.25) is 19.4 Å². The molecule has 4 N–H and O–H groups in total. The number of benzene rings is 2. The first-order valence-corrected chi connectivity index (χ1v) is 18.7. The molecule has 0 saturated heterocycles. The summed E-state index contributed by atoms with van der Waals surface area (Å²) in [4.78, 5) is 30.6. The molecule has 2 atom stereocenters. The van der Waals surface area contributed by atoms with Crippen LogP contribution < -0.4 is 20.1 Å². The second-order valence-electron chi connectivity index (χ2n) is 11.0. The van der Waals surface area contributed by atoms with Gasteiger partial charge in [0.05, 0.1) is 44.7 Å².